The molecule has 1 aliphatic rings. The highest BCUT2D eigenvalue weighted by atomic mass is 16.2. The molecule has 1 unspecified atom stereocenters. The molecule has 13 heavy (non-hydrogen) atoms. The first-order chi connectivity index (χ1) is 6.18. The zero-order valence-corrected chi connectivity index (χ0v) is 8.25. The fourth-order valence-corrected chi connectivity index (χ4v) is 1.82. The molecule has 0 aliphatic carbocycles. The maximum absolute atomic E-state index is 10.5. The molecule has 1 heterocycles. The quantitative estimate of drug-likeness (QED) is 0.674. The van der Waals surface area contributed by atoms with Gasteiger partial charge < -0.3 is 16.0 Å². The fourth-order valence-electron chi connectivity index (χ4n) is 1.82. The lowest BCUT2D eigenvalue weighted by molar-refractivity contribution is 0.205. The Morgan fingerprint density at radius 2 is 2.08 bits per heavy atom. The minimum Gasteiger partial charge on any atom is -0.352 e. The van der Waals surface area contributed by atoms with E-state index in [1.54, 1.807) is 0 Å². The van der Waals surface area contributed by atoms with E-state index in [2.05, 4.69) is 10.2 Å². The first-order valence-corrected chi connectivity index (χ1v) is 4.97. The molecule has 0 saturated carbocycles. The lowest BCUT2D eigenvalue weighted by Crippen LogP contribution is -2.45. The smallest absolute Gasteiger partial charge is 0.312 e. The summed E-state index contributed by atoms with van der Waals surface area (Å²) in [6.07, 6.45) is 3.90. The van der Waals surface area contributed by atoms with E-state index >= 15 is 0 Å². The summed E-state index contributed by atoms with van der Waals surface area (Å²) in [5, 5.41) is 2.69. The molecule has 0 radical (unpaired) electrons. The number of carbonyl (C=O) groups is 1. The Labute approximate surface area is 79.5 Å². The van der Waals surface area contributed by atoms with Gasteiger partial charge in [0.25, 0.3) is 0 Å². The molecule has 1 atom stereocenters. The summed E-state index contributed by atoms with van der Waals surface area (Å²) in [5.41, 5.74) is 5.03. The highest BCUT2D eigenvalue weighted by Crippen LogP contribution is 2.08. The summed E-state index contributed by atoms with van der Waals surface area (Å²) in [4.78, 5) is 12.9. The maximum atomic E-state index is 10.5. The lowest BCUT2D eigenvalue weighted by atomic mass is 10.1. The summed E-state index contributed by atoms with van der Waals surface area (Å²) in [6, 6.07) is -0.264. The molecule has 1 fully saturated rings. The van der Waals surface area contributed by atoms with Crippen LogP contribution in [-0.4, -0.2) is 36.6 Å². The Kier molecular flexibility index (Phi) is 4.02. The molecular weight excluding hydrogens is 166 g/mol. The number of nitrogens with one attached hydrogen (secondary N) is 1. The van der Waals surface area contributed by atoms with Gasteiger partial charge in [0.15, 0.2) is 0 Å². The van der Waals surface area contributed by atoms with Crippen molar-refractivity contribution in [3.8, 4) is 0 Å². The number of likely N-dealkylation sites (tertiary alicyclic amines) is 1. The van der Waals surface area contributed by atoms with Gasteiger partial charge in [0.1, 0.15) is 0 Å². The SMILES string of the molecule is CC(CN1CCCCC1)NC(N)=O. The van der Waals surface area contributed by atoms with Crippen LogP contribution in [0, 0.1) is 0 Å². The third-order valence-corrected chi connectivity index (χ3v) is 2.37. The van der Waals surface area contributed by atoms with Crippen LogP contribution >= 0.6 is 0 Å². The van der Waals surface area contributed by atoms with Crippen molar-refractivity contribution in [3.05, 3.63) is 0 Å². The first kappa shape index (κ1) is 10.3. The van der Waals surface area contributed by atoms with E-state index in [0.717, 1.165) is 19.6 Å². The predicted octanol–water partition coefficient (Wildman–Crippen LogP) is 0.529. The van der Waals surface area contributed by atoms with Gasteiger partial charge in [-0.05, 0) is 32.9 Å². The number of urea groups is 1. The summed E-state index contributed by atoms with van der Waals surface area (Å²) < 4.78 is 0. The van der Waals surface area contributed by atoms with Crippen LogP contribution in [0.2, 0.25) is 0 Å². The average Bonchev–Trinajstić information content (AvgIpc) is 2.04. The zero-order chi connectivity index (χ0) is 9.68. The first-order valence-electron chi connectivity index (χ1n) is 4.97. The number of hydrogen-bond donors (Lipinski definition) is 2. The van der Waals surface area contributed by atoms with Crippen molar-refractivity contribution < 1.29 is 4.79 Å². The number of hydrogen-bond acceptors (Lipinski definition) is 2. The van der Waals surface area contributed by atoms with Crippen molar-refractivity contribution in [2.45, 2.75) is 32.2 Å². The van der Waals surface area contributed by atoms with Crippen LogP contribution in [0.3, 0.4) is 0 Å². The van der Waals surface area contributed by atoms with Gasteiger partial charge in [-0.25, -0.2) is 4.79 Å². The normalized spacial score (nSPS) is 21.0. The summed E-state index contributed by atoms with van der Waals surface area (Å²) in [6.45, 7) is 5.22. The highest BCUT2D eigenvalue weighted by Gasteiger charge is 2.13. The van der Waals surface area contributed by atoms with E-state index in [9.17, 15) is 4.79 Å². The van der Waals surface area contributed by atoms with Crippen molar-refractivity contribution in [1.29, 1.82) is 0 Å². The number of primary amides is 1. The van der Waals surface area contributed by atoms with Crippen LogP contribution in [0.15, 0.2) is 0 Å². The minimum atomic E-state index is -0.426. The second kappa shape index (κ2) is 5.07. The predicted molar refractivity (Wildman–Crippen MR) is 52.5 cm³/mol. The Hall–Kier alpha value is -0.770. The van der Waals surface area contributed by atoms with Crippen LogP contribution < -0.4 is 11.1 Å². The average molecular weight is 185 g/mol. The van der Waals surface area contributed by atoms with E-state index in [1.165, 1.54) is 19.3 Å². The summed E-state index contributed by atoms with van der Waals surface area (Å²) in [5.74, 6) is 0. The van der Waals surface area contributed by atoms with Gasteiger partial charge >= 0.3 is 6.03 Å². The monoisotopic (exact) mass is 185 g/mol. The standard InChI is InChI=1S/C9H19N3O/c1-8(11-9(10)13)7-12-5-3-2-4-6-12/h8H,2-7H2,1H3,(H3,10,11,13). The number of piperidine rings is 1. The fraction of sp³-hybridized carbons (Fsp3) is 0.889. The van der Waals surface area contributed by atoms with Gasteiger partial charge in [-0.1, -0.05) is 6.42 Å². The third-order valence-electron chi connectivity index (χ3n) is 2.37. The Morgan fingerprint density at radius 1 is 1.46 bits per heavy atom. The summed E-state index contributed by atoms with van der Waals surface area (Å²) in [7, 11) is 0. The highest BCUT2D eigenvalue weighted by molar-refractivity contribution is 5.71. The van der Waals surface area contributed by atoms with Gasteiger partial charge in [-0.15, -0.1) is 0 Å². The van der Waals surface area contributed by atoms with Crippen LogP contribution in [0.4, 0.5) is 4.79 Å². The van der Waals surface area contributed by atoms with Crippen molar-refractivity contribution >= 4 is 6.03 Å². The van der Waals surface area contributed by atoms with E-state index in [-0.39, 0.29) is 6.04 Å². The van der Waals surface area contributed by atoms with E-state index in [4.69, 9.17) is 5.73 Å². The van der Waals surface area contributed by atoms with Gasteiger partial charge in [0, 0.05) is 12.6 Å². The lowest BCUT2D eigenvalue weighted by Gasteiger charge is -2.28. The Bertz CT molecular complexity index is 166. The molecule has 4 nitrogen and oxygen atoms in total. The van der Waals surface area contributed by atoms with Gasteiger partial charge in [-0.2, -0.15) is 0 Å². The van der Waals surface area contributed by atoms with Crippen molar-refractivity contribution in [2.75, 3.05) is 19.6 Å². The van der Waals surface area contributed by atoms with Gasteiger partial charge in [0.2, 0.25) is 0 Å². The van der Waals surface area contributed by atoms with Crippen molar-refractivity contribution in [2.24, 2.45) is 5.73 Å². The van der Waals surface area contributed by atoms with Gasteiger partial charge in [-0.3, -0.25) is 0 Å². The zero-order valence-electron chi connectivity index (χ0n) is 8.25. The molecule has 3 N–H and O–H groups in total. The number of rotatable bonds is 3. The van der Waals surface area contributed by atoms with E-state index < -0.39 is 6.03 Å². The largest absolute Gasteiger partial charge is 0.352 e. The number of carbonyl (C=O) groups excluding carboxylic acids is 1. The van der Waals surface area contributed by atoms with Crippen LogP contribution in [-0.2, 0) is 0 Å². The van der Waals surface area contributed by atoms with Crippen molar-refractivity contribution in [1.82, 2.24) is 10.2 Å². The maximum Gasteiger partial charge on any atom is 0.312 e. The molecular formula is C9H19N3O. The second-order valence-electron chi connectivity index (χ2n) is 3.77. The number of nitrogens with two attached hydrogens (primary N) is 1. The topological polar surface area (TPSA) is 58.4 Å². The third kappa shape index (κ3) is 4.12. The summed E-state index contributed by atoms with van der Waals surface area (Å²) >= 11 is 0. The molecule has 2 amide bonds. The van der Waals surface area contributed by atoms with Crippen LogP contribution in [0.25, 0.3) is 0 Å². The van der Waals surface area contributed by atoms with E-state index in [1.807, 2.05) is 6.92 Å². The second-order valence-corrected chi connectivity index (χ2v) is 3.77. The molecule has 76 valence electrons. The molecule has 0 bridgehead atoms. The Morgan fingerprint density at radius 3 is 2.62 bits per heavy atom. The molecule has 0 spiro atoms. The minimum absolute atomic E-state index is 0.163. The number of nitrogens with zero attached hydrogens (tertiary/aromatic N) is 1. The molecule has 1 rings (SSSR count). The molecule has 0 aromatic rings. The van der Waals surface area contributed by atoms with Gasteiger partial charge in [0.05, 0.1) is 0 Å². The van der Waals surface area contributed by atoms with Crippen LogP contribution in [0.1, 0.15) is 26.2 Å². The molecule has 4 heteroatoms. The molecule has 0 aromatic carbocycles. The molecule has 1 aliphatic heterocycles. The molecule has 0 aromatic heterocycles. The Balaban J connectivity index is 2.18. The van der Waals surface area contributed by atoms with E-state index in [0.29, 0.717) is 0 Å². The van der Waals surface area contributed by atoms with Crippen molar-refractivity contribution in [3.63, 3.8) is 0 Å². The van der Waals surface area contributed by atoms with Crippen LogP contribution in [0.5, 0.6) is 0 Å². The number of amides is 2. The molecule has 1 saturated heterocycles.